The van der Waals surface area contributed by atoms with Gasteiger partial charge in [0.05, 0.1) is 16.2 Å². The van der Waals surface area contributed by atoms with Crippen molar-refractivity contribution in [3.63, 3.8) is 0 Å². The first-order valence-corrected chi connectivity index (χ1v) is 10.4. The molecule has 0 radical (unpaired) electrons. The molecule has 1 aromatic heterocycles. The van der Waals surface area contributed by atoms with Gasteiger partial charge >= 0.3 is 6.18 Å². The average Bonchev–Trinajstić information content (AvgIpc) is 2.65. The third-order valence-corrected chi connectivity index (χ3v) is 6.42. The second-order valence-electron chi connectivity index (χ2n) is 7.20. The van der Waals surface area contributed by atoms with Gasteiger partial charge in [0, 0.05) is 6.54 Å². The maximum absolute atomic E-state index is 13.3. The summed E-state index contributed by atoms with van der Waals surface area (Å²) in [5.74, 6) is -2.59. The Morgan fingerprint density at radius 2 is 1.87 bits per heavy atom. The monoisotopic (exact) mass is 459 g/mol. The number of aromatic nitrogens is 1. The number of carbonyl (C=O) groups is 2. The number of hydrogen-bond acceptors (Lipinski definition) is 5. The number of sulfonamides is 1. The van der Waals surface area contributed by atoms with Gasteiger partial charge in [0.2, 0.25) is 0 Å². The molecule has 1 saturated heterocycles. The fourth-order valence-corrected chi connectivity index (χ4v) is 4.24. The topological polar surface area (TPSA) is 96.4 Å². The van der Waals surface area contributed by atoms with E-state index in [0.29, 0.717) is 6.07 Å². The number of aryl methyl sites for hydroxylation is 1. The number of rotatable bonds is 4. The lowest BCUT2D eigenvalue weighted by Gasteiger charge is -2.48. The van der Waals surface area contributed by atoms with Gasteiger partial charge in [-0.25, -0.2) is 22.5 Å². The molecule has 1 atom stereocenters. The minimum absolute atomic E-state index is 0.0865. The first-order chi connectivity index (χ1) is 14.3. The van der Waals surface area contributed by atoms with Gasteiger partial charge < -0.3 is 4.90 Å². The Balaban J connectivity index is 1.82. The van der Waals surface area contributed by atoms with Crippen molar-refractivity contribution in [3.05, 3.63) is 59.2 Å². The van der Waals surface area contributed by atoms with Crippen LogP contribution in [-0.2, 0) is 21.0 Å². The molecule has 7 nitrogen and oxygen atoms in total. The molecule has 2 heterocycles. The number of hydrogen-bond donors (Lipinski definition) is 1. The molecule has 166 valence electrons. The van der Waals surface area contributed by atoms with Crippen LogP contribution in [0.3, 0.4) is 0 Å². The van der Waals surface area contributed by atoms with E-state index in [1.54, 1.807) is 0 Å². The number of benzene rings is 1. The molecular formula is C19H17F4N3O4S. The summed E-state index contributed by atoms with van der Waals surface area (Å²) in [5, 5.41) is 0. The summed E-state index contributed by atoms with van der Waals surface area (Å²) in [7, 11) is -4.40. The van der Waals surface area contributed by atoms with Crippen molar-refractivity contribution >= 4 is 21.8 Å². The van der Waals surface area contributed by atoms with Gasteiger partial charge in [-0.05, 0) is 50.6 Å². The van der Waals surface area contributed by atoms with Gasteiger partial charge in [-0.15, -0.1) is 0 Å². The molecule has 0 aliphatic carbocycles. The summed E-state index contributed by atoms with van der Waals surface area (Å²) >= 11 is 0. The zero-order chi connectivity index (χ0) is 23.2. The minimum atomic E-state index is -4.68. The van der Waals surface area contributed by atoms with Crippen LogP contribution in [0, 0.1) is 12.7 Å². The molecule has 1 aromatic carbocycles. The highest BCUT2D eigenvalue weighted by molar-refractivity contribution is 7.90. The minimum Gasteiger partial charge on any atom is -0.324 e. The van der Waals surface area contributed by atoms with Crippen LogP contribution in [0.2, 0.25) is 0 Å². The second kappa shape index (κ2) is 7.59. The average molecular weight is 459 g/mol. The van der Waals surface area contributed by atoms with E-state index in [1.165, 1.54) is 13.8 Å². The van der Waals surface area contributed by atoms with E-state index in [9.17, 15) is 35.6 Å². The van der Waals surface area contributed by atoms with Crippen LogP contribution in [-0.4, -0.2) is 42.2 Å². The lowest BCUT2D eigenvalue weighted by molar-refractivity contribution is -0.141. The van der Waals surface area contributed by atoms with Crippen molar-refractivity contribution in [2.45, 2.75) is 36.9 Å². The van der Waals surface area contributed by atoms with Crippen molar-refractivity contribution in [2.75, 3.05) is 6.54 Å². The van der Waals surface area contributed by atoms with Crippen LogP contribution >= 0.6 is 0 Å². The van der Waals surface area contributed by atoms with Gasteiger partial charge in [-0.1, -0.05) is 6.07 Å². The molecule has 0 saturated carbocycles. The number of nitrogens with zero attached hydrogens (tertiary/aromatic N) is 2. The summed E-state index contributed by atoms with van der Waals surface area (Å²) in [4.78, 5) is 29.5. The Morgan fingerprint density at radius 3 is 2.39 bits per heavy atom. The Labute approximate surface area is 175 Å². The van der Waals surface area contributed by atoms with E-state index in [0.717, 1.165) is 35.2 Å². The summed E-state index contributed by atoms with van der Waals surface area (Å²) in [6, 6.07) is 5.66. The van der Waals surface area contributed by atoms with Gasteiger partial charge in [0.1, 0.15) is 17.1 Å². The first kappa shape index (κ1) is 22.7. The van der Waals surface area contributed by atoms with E-state index >= 15 is 0 Å². The van der Waals surface area contributed by atoms with E-state index in [1.807, 2.05) is 4.72 Å². The molecule has 0 bridgehead atoms. The number of carbonyl (C=O) groups excluding carboxylic acids is 2. The van der Waals surface area contributed by atoms with Gasteiger partial charge in [-0.2, -0.15) is 13.2 Å². The highest BCUT2D eigenvalue weighted by atomic mass is 32.2. The molecular weight excluding hydrogens is 442 g/mol. The van der Waals surface area contributed by atoms with Gasteiger partial charge in [0.15, 0.2) is 0 Å². The number of pyridine rings is 1. The van der Waals surface area contributed by atoms with Crippen molar-refractivity contribution < 1.29 is 35.6 Å². The fraction of sp³-hybridized carbons (Fsp3) is 0.316. The summed E-state index contributed by atoms with van der Waals surface area (Å²) in [5.41, 5.74) is -3.04. The largest absolute Gasteiger partial charge is 0.433 e. The molecule has 1 aliphatic rings. The standard InChI is InChI=1S/C19H17F4N3O4S/c1-11-14(6-7-15(24-11)19(21,22)23)16(27)26-9-8-18(26,2)17(28)25-31(29,30)13-5-3-4-12(20)10-13/h3-7,10H,8-9H2,1-2H3,(H,25,28). The van der Waals surface area contributed by atoms with E-state index < -0.39 is 50.0 Å². The first-order valence-electron chi connectivity index (χ1n) is 8.95. The molecule has 12 heteroatoms. The van der Waals surface area contributed by atoms with Crippen molar-refractivity contribution in [2.24, 2.45) is 0 Å². The van der Waals surface area contributed by atoms with Crippen molar-refractivity contribution in [1.29, 1.82) is 0 Å². The lowest BCUT2D eigenvalue weighted by atomic mass is 9.85. The summed E-state index contributed by atoms with van der Waals surface area (Å²) < 4.78 is 78.3. The number of alkyl halides is 3. The third kappa shape index (κ3) is 4.24. The van der Waals surface area contributed by atoms with Crippen LogP contribution in [0.5, 0.6) is 0 Å². The van der Waals surface area contributed by atoms with E-state index in [-0.39, 0.29) is 24.2 Å². The third-order valence-electron chi connectivity index (χ3n) is 5.09. The zero-order valence-corrected chi connectivity index (χ0v) is 17.1. The number of amides is 2. The molecule has 1 unspecified atom stereocenters. The van der Waals surface area contributed by atoms with Crippen LogP contribution < -0.4 is 4.72 Å². The van der Waals surface area contributed by atoms with Crippen molar-refractivity contribution in [3.8, 4) is 0 Å². The second-order valence-corrected chi connectivity index (χ2v) is 8.88. The summed E-state index contributed by atoms with van der Waals surface area (Å²) in [6.07, 6.45) is -4.56. The number of nitrogens with one attached hydrogen (secondary N) is 1. The van der Waals surface area contributed by atoms with Crippen molar-refractivity contribution in [1.82, 2.24) is 14.6 Å². The molecule has 1 fully saturated rings. The molecule has 31 heavy (non-hydrogen) atoms. The Morgan fingerprint density at radius 1 is 1.19 bits per heavy atom. The maximum atomic E-state index is 13.3. The van der Waals surface area contributed by atoms with Crippen LogP contribution in [0.25, 0.3) is 0 Å². The number of likely N-dealkylation sites (tertiary alicyclic amines) is 1. The van der Waals surface area contributed by atoms with Gasteiger partial charge in [-0.3, -0.25) is 9.59 Å². The van der Waals surface area contributed by atoms with Gasteiger partial charge in [0.25, 0.3) is 21.8 Å². The predicted octanol–water partition coefficient (Wildman–Crippen LogP) is 2.66. The lowest BCUT2D eigenvalue weighted by Crippen LogP contribution is -2.67. The summed E-state index contributed by atoms with van der Waals surface area (Å²) in [6.45, 7) is 2.65. The SMILES string of the molecule is Cc1nc(C(F)(F)F)ccc1C(=O)N1CCC1(C)C(=O)NS(=O)(=O)c1cccc(F)c1. The molecule has 3 rings (SSSR count). The van der Waals surface area contributed by atoms with Crippen LogP contribution in [0.15, 0.2) is 41.3 Å². The van der Waals surface area contributed by atoms with Crippen LogP contribution in [0.4, 0.5) is 17.6 Å². The highest BCUT2D eigenvalue weighted by Gasteiger charge is 2.51. The molecule has 1 N–H and O–H groups in total. The maximum Gasteiger partial charge on any atom is 0.433 e. The fourth-order valence-electron chi connectivity index (χ4n) is 3.14. The Hall–Kier alpha value is -3.02. The highest BCUT2D eigenvalue weighted by Crippen LogP contribution is 2.34. The van der Waals surface area contributed by atoms with Crippen LogP contribution in [0.1, 0.15) is 35.1 Å². The predicted molar refractivity (Wildman–Crippen MR) is 99.8 cm³/mol. The molecule has 1 aliphatic heterocycles. The van der Waals surface area contributed by atoms with E-state index in [4.69, 9.17) is 0 Å². The number of halogens is 4. The molecule has 2 amide bonds. The molecule has 0 spiro atoms. The Bertz CT molecular complexity index is 1170. The molecule has 2 aromatic rings. The normalized spacial score (nSPS) is 19.0. The zero-order valence-electron chi connectivity index (χ0n) is 16.3. The smallest absolute Gasteiger partial charge is 0.324 e. The quantitative estimate of drug-likeness (QED) is 0.710. The Kier molecular flexibility index (Phi) is 5.55. The van der Waals surface area contributed by atoms with E-state index in [2.05, 4.69) is 4.98 Å².